The molecule has 0 aromatic heterocycles. The summed E-state index contributed by atoms with van der Waals surface area (Å²) in [5, 5.41) is 15.7. The maximum Gasteiger partial charge on any atom is 0.327 e. The Kier molecular flexibility index (Phi) is 10.9. The second kappa shape index (κ2) is 11.4. The van der Waals surface area contributed by atoms with Gasteiger partial charge in [0.15, 0.2) is 0 Å². The first-order valence-corrected chi connectivity index (χ1v) is 8.34. The second-order valence-corrected chi connectivity index (χ2v) is 5.49. The molecule has 0 aliphatic rings. The van der Waals surface area contributed by atoms with E-state index in [4.69, 9.17) is 10.8 Å². The second-order valence-electron chi connectivity index (χ2n) is 4.39. The van der Waals surface area contributed by atoms with Crippen LogP contribution in [0.1, 0.15) is 0 Å². The number of thiol groups is 3. The lowest BCUT2D eigenvalue weighted by molar-refractivity contribution is -0.141. The molecule has 132 valence electrons. The van der Waals surface area contributed by atoms with Gasteiger partial charge in [0.2, 0.25) is 17.7 Å². The Morgan fingerprint density at radius 2 is 1.48 bits per heavy atom. The Hall–Kier alpha value is -1.11. The van der Waals surface area contributed by atoms with Crippen molar-refractivity contribution in [1.82, 2.24) is 16.0 Å². The third kappa shape index (κ3) is 8.34. The van der Waals surface area contributed by atoms with Crippen molar-refractivity contribution in [3.05, 3.63) is 0 Å². The molecule has 12 heteroatoms. The van der Waals surface area contributed by atoms with Crippen molar-refractivity contribution in [2.24, 2.45) is 5.73 Å². The predicted octanol–water partition coefficient (Wildman–Crippen LogP) is -2.73. The van der Waals surface area contributed by atoms with Crippen LogP contribution in [0.2, 0.25) is 0 Å². The average Bonchev–Trinajstić information content (AvgIpc) is 2.53. The van der Waals surface area contributed by atoms with Crippen molar-refractivity contribution >= 4 is 61.6 Å². The minimum atomic E-state index is -1.24. The van der Waals surface area contributed by atoms with Gasteiger partial charge in [-0.1, -0.05) is 0 Å². The predicted molar refractivity (Wildman–Crippen MR) is 94.0 cm³/mol. The number of carbonyl (C=O) groups excluding carboxylic acids is 3. The van der Waals surface area contributed by atoms with Gasteiger partial charge in [0.05, 0.1) is 12.6 Å². The summed E-state index contributed by atoms with van der Waals surface area (Å²) in [5.41, 5.74) is 5.42. The molecule has 0 saturated carbocycles. The van der Waals surface area contributed by atoms with Gasteiger partial charge in [-0.25, -0.2) is 4.79 Å². The largest absolute Gasteiger partial charge is 0.480 e. The zero-order valence-corrected chi connectivity index (χ0v) is 14.7. The highest BCUT2D eigenvalue weighted by Crippen LogP contribution is 1.94. The molecular formula is C11H20N4O5S3. The molecule has 0 rings (SSSR count). The Balaban J connectivity index is 4.46. The zero-order valence-electron chi connectivity index (χ0n) is 12.1. The van der Waals surface area contributed by atoms with E-state index < -0.39 is 41.8 Å². The molecule has 0 aliphatic carbocycles. The number of nitrogens with one attached hydrogen (secondary N) is 3. The molecule has 3 unspecified atom stereocenters. The summed E-state index contributed by atoms with van der Waals surface area (Å²) < 4.78 is 0. The summed E-state index contributed by atoms with van der Waals surface area (Å²) in [4.78, 5) is 45.8. The molecule has 0 aromatic carbocycles. The van der Waals surface area contributed by atoms with Crippen LogP contribution < -0.4 is 21.7 Å². The van der Waals surface area contributed by atoms with Crippen LogP contribution in [0.5, 0.6) is 0 Å². The lowest BCUT2D eigenvalue weighted by atomic mass is 10.2. The third-order valence-corrected chi connectivity index (χ3v) is 3.71. The van der Waals surface area contributed by atoms with Crippen LogP contribution in [-0.2, 0) is 19.2 Å². The molecule has 0 heterocycles. The summed E-state index contributed by atoms with van der Waals surface area (Å²) in [5.74, 6) is -3.19. The fourth-order valence-electron chi connectivity index (χ4n) is 1.28. The number of aliphatic carboxylic acids is 1. The van der Waals surface area contributed by atoms with Crippen molar-refractivity contribution < 1.29 is 24.3 Å². The van der Waals surface area contributed by atoms with Gasteiger partial charge >= 0.3 is 5.97 Å². The van der Waals surface area contributed by atoms with Crippen LogP contribution in [0.15, 0.2) is 0 Å². The molecule has 0 bridgehead atoms. The van der Waals surface area contributed by atoms with E-state index in [1.165, 1.54) is 0 Å². The van der Waals surface area contributed by atoms with Gasteiger partial charge in [-0.05, 0) is 0 Å². The van der Waals surface area contributed by atoms with Crippen LogP contribution in [0.4, 0.5) is 0 Å². The normalized spacial score (nSPS) is 14.3. The maximum absolute atomic E-state index is 11.9. The molecule has 3 atom stereocenters. The standard InChI is InChI=1S/C11H20N4O5S3/c12-5(2-21)9(17)13-1-8(16)14-6(3-22)10(18)15-7(4-23)11(19)20/h5-7,21-23H,1-4,12H2,(H,13,17)(H,14,16)(H,15,18)(H,19,20). The first-order chi connectivity index (χ1) is 10.8. The smallest absolute Gasteiger partial charge is 0.327 e. The van der Waals surface area contributed by atoms with E-state index in [0.717, 1.165) is 0 Å². The van der Waals surface area contributed by atoms with E-state index in [2.05, 4.69) is 53.8 Å². The summed E-state index contributed by atoms with van der Waals surface area (Å²) in [6.07, 6.45) is 0. The number of carboxylic acids is 1. The molecule has 0 fully saturated rings. The molecule has 9 nitrogen and oxygen atoms in total. The fourth-order valence-corrected chi connectivity index (χ4v) is 1.95. The Labute approximate surface area is 149 Å². The van der Waals surface area contributed by atoms with E-state index in [-0.39, 0.29) is 23.8 Å². The van der Waals surface area contributed by atoms with Crippen LogP contribution >= 0.6 is 37.9 Å². The lowest BCUT2D eigenvalue weighted by Crippen LogP contribution is -2.55. The highest BCUT2D eigenvalue weighted by Gasteiger charge is 2.25. The number of rotatable bonds is 10. The SMILES string of the molecule is NC(CS)C(=O)NCC(=O)NC(CS)C(=O)NC(CS)C(=O)O. The summed E-state index contributed by atoms with van der Waals surface area (Å²) >= 11 is 11.6. The van der Waals surface area contributed by atoms with Crippen LogP contribution in [0.25, 0.3) is 0 Å². The minimum Gasteiger partial charge on any atom is -0.480 e. The lowest BCUT2D eigenvalue weighted by Gasteiger charge is -2.19. The Bertz CT molecular complexity index is 451. The van der Waals surface area contributed by atoms with Crippen LogP contribution in [-0.4, -0.2) is 70.7 Å². The highest BCUT2D eigenvalue weighted by molar-refractivity contribution is 7.80. The van der Waals surface area contributed by atoms with Crippen molar-refractivity contribution in [3.8, 4) is 0 Å². The van der Waals surface area contributed by atoms with Crippen LogP contribution in [0.3, 0.4) is 0 Å². The van der Waals surface area contributed by atoms with Crippen molar-refractivity contribution in [3.63, 3.8) is 0 Å². The minimum absolute atomic E-state index is 0.0550. The molecule has 0 saturated heterocycles. The number of carboxylic acid groups (broad SMARTS) is 1. The van der Waals surface area contributed by atoms with Gasteiger partial charge in [-0.15, -0.1) is 0 Å². The van der Waals surface area contributed by atoms with E-state index in [1.54, 1.807) is 0 Å². The first-order valence-electron chi connectivity index (χ1n) is 6.45. The number of hydrogen-bond donors (Lipinski definition) is 8. The van der Waals surface area contributed by atoms with E-state index in [0.29, 0.717) is 0 Å². The van der Waals surface area contributed by atoms with Gasteiger partial charge in [-0.2, -0.15) is 37.9 Å². The van der Waals surface area contributed by atoms with Gasteiger partial charge in [0, 0.05) is 17.3 Å². The van der Waals surface area contributed by atoms with Gasteiger partial charge < -0.3 is 26.8 Å². The van der Waals surface area contributed by atoms with E-state index in [1.807, 2.05) is 0 Å². The summed E-state index contributed by atoms with van der Waals surface area (Å²) in [6.45, 7) is -0.382. The van der Waals surface area contributed by atoms with Crippen LogP contribution in [0, 0.1) is 0 Å². The first kappa shape index (κ1) is 21.9. The number of nitrogens with two attached hydrogens (primary N) is 1. The molecular weight excluding hydrogens is 364 g/mol. The summed E-state index contributed by atoms with van der Waals surface area (Å²) in [7, 11) is 0. The quantitative estimate of drug-likeness (QED) is 0.192. The van der Waals surface area contributed by atoms with Crippen molar-refractivity contribution in [2.45, 2.75) is 18.1 Å². The Morgan fingerprint density at radius 3 is 1.91 bits per heavy atom. The fraction of sp³-hybridized carbons (Fsp3) is 0.636. The van der Waals surface area contributed by atoms with Crippen molar-refractivity contribution in [1.29, 1.82) is 0 Å². The Morgan fingerprint density at radius 1 is 0.913 bits per heavy atom. The zero-order chi connectivity index (χ0) is 18.0. The third-order valence-electron chi connectivity index (χ3n) is 2.59. The topological polar surface area (TPSA) is 151 Å². The summed E-state index contributed by atoms with van der Waals surface area (Å²) in [6, 6.07) is -3.08. The van der Waals surface area contributed by atoms with Gasteiger partial charge in [0.1, 0.15) is 12.1 Å². The molecule has 6 N–H and O–H groups in total. The monoisotopic (exact) mass is 384 g/mol. The molecule has 0 radical (unpaired) electrons. The number of hydrogen-bond acceptors (Lipinski definition) is 8. The maximum atomic E-state index is 11.9. The number of carbonyl (C=O) groups is 4. The molecule has 23 heavy (non-hydrogen) atoms. The molecule has 0 aromatic rings. The number of amides is 3. The molecule has 0 spiro atoms. The van der Waals surface area contributed by atoms with Crippen molar-refractivity contribution in [2.75, 3.05) is 23.8 Å². The highest BCUT2D eigenvalue weighted by atomic mass is 32.1. The van der Waals surface area contributed by atoms with E-state index in [9.17, 15) is 19.2 Å². The average molecular weight is 385 g/mol. The van der Waals surface area contributed by atoms with Gasteiger partial charge in [-0.3, -0.25) is 14.4 Å². The molecule has 0 aliphatic heterocycles. The van der Waals surface area contributed by atoms with E-state index >= 15 is 0 Å². The molecule has 3 amide bonds. The van der Waals surface area contributed by atoms with Gasteiger partial charge in [0.25, 0.3) is 0 Å².